The fraction of sp³-hybridized carbons (Fsp3) is 1.00. The van der Waals surface area contributed by atoms with Crippen LogP contribution >= 0.6 is 0 Å². The largest absolute Gasteiger partial charge is 0.392 e. The van der Waals surface area contributed by atoms with Crippen molar-refractivity contribution in [1.82, 2.24) is 9.80 Å². The lowest BCUT2D eigenvalue weighted by atomic mass is 10.1. The maximum atomic E-state index is 9.86. The lowest BCUT2D eigenvalue weighted by Crippen LogP contribution is -2.55. The molecule has 0 amide bonds. The van der Waals surface area contributed by atoms with Crippen LogP contribution in [0.3, 0.4) is 0 Å². The Kier molecular flexibility index (Phi) is 3.65. The summed E-state index contributed by atoms with van der Waals surface area (Å²) >= 11 is 0. The van der Waals surface area contributed by atoms with Crippen molar-refractivity contribution < 1.29 is 5.11 Å². The Balaban J connectivity index is 1.89. The molecule has 2 heterocycles. The van der Waals surface area contributed by atoms with Gasteiger partial charge in [0.2, 0.25) is 0 Å². The van der Waals surface area contributed by atoms with Gasteiger partial charge in [-0.05, 0) is 32.7 Å². The van der Waals surface area contributed by atoms with Gasteiger partial charge in [0.15, 0.2) is 0 Å². The minimum absolute atomic E-state index is 0.155. The van der Waals surface area contributed by atoms with Crippen molar-refractivity contribution in [3.63, 3.8) is 0 Å². The highest BCUT2D eigenvalue weighted by Crippen LogP contribution is 2.23. The predicted octanol–water partition coefficient (Wildman–Crippen LogP) is 0.926. The van der Waals surface area contributed by atoms with Gasteiger partial charge in [0.05, 0.1) is 6.10 Å². The van der Waals surface area contributed by atoms with Crippen molar-refractivity contribution in [2.45, 2.75) is 51.3 Å². The zero-order valence-electron chi connectivity index (χ0n) is 10.0. The molecule has 0 bridgehead atoms. The first-order chi connectivity index (χ1) is 7.22. The normalized spacial score (nSPS) is 32.6. The van der Waals surface area contributed by atoms with Crippen molar-refractivity contribution in [2.75, 3.05) is 26.2 Å². The van der Waals surface area contributed by atoms with Crippen molar-refractivity contribution >= 4 is 0 Å². The molecular formula is C12H24N2O. The molecule has 2 aliphatic heterocycles. The molecule has 3 nitrogen and oxygen atoms in total. The average molecular weight is 212 g/mol. The first kappa shape index (κ1) is 11.4. The highest BCUT2D eigenvalue weighted by atomic mass is 16.3. The average Bonchev–Trinajstić information content (AvgIpc) is 2.73. The van der Waals surface area contributed by atoms with Gasteiger partial charge in [0.1, 0.15) is 0 Å². The van der Waals surface area contributed by atoms with Crippen LogP contribution in [0.4, 0.5) is 0 Å². The summed E-state index contributed by atoms with van der Waals surface area (Å²) in [6.45, 7) is 9.02. The van der Waals surface area contributed by atoms with Gasteiger partial charge in [0, 0.05) is 31.7 Å². The molecule has 0 aromatic rings. The lowest BCUT2D eigenvalue weighted by Gasteiger charge is -2.41. The van der Waals surface area contributed by atoms with E-state index in [9.17, 15) is 5.11 Å². The summed E-state index contributed by atoms with van der Waals surface area (Å²) in [5, 5.41) is 9.86. The number of aliphatic hydroxyl groups excluding tert-OH is 1. The monoisotopic (exact) mass is 212 g/mol. The molecule has 1 N–H and O–H groups in total. The van der Waals surface area contributed by atoms with E-state index in [1.807, 2.05) is 0 Å². The Morgan fingerprint density at radius 3 is 2.87 bits per heavy atom. The highest BCUT2D eigenvalue weighted by Gasteiger charge is 2.33. The summed E-state index contributed by atoms with van der Waals surface area (Å²) in [5.74, 6) is 0. The quantitative estimate of drug-likeness (QED) is 0.754. The topological polar surface area (TPSA) is 26.7 Å². The Labute approximate surface area is 93.1 Å². The van der Waals surface area contributed by atoms with E-state index in [0.717, 1.165) is 25.6 Å². The summed E-state index contributed by atoms with van der Waals surface area (Å²) in [4.78, 5) is 5.09. The van der Waals surface area contributed by atoms with Gasteiger partial charge < -0.3 is 5.11 Å². The van der Waals surface area contributed by atoms with Gasteiger partial charge in [0.25, 0.3) is 0 Å². The highest BCUT2D eigenvalue weighted by molar-refractivity contribution is 4.89. The third kappa shape index (κ3) is 2.35. The standard InChI is InChI=1S/C12H24N2O/c1-3-12(15)10(2)14-8-7-13-6-4-5-11(13)9-14/h10-12,15H,3-9H2,1-2H3. The number of nitrogens with zero attached hydrogens (tertiary/aromatic N) is 2. The molecule has 0 aliphatic carbocycles. The SMILES string of the molecule is CCC(O)C(C)N1CCN2CCCC2C1. The molecule has 0 spiro atoms. The molecule has 0 aromatic heterocycles. The van der Waals surface area contributed by atoms with Crippen LogP contribution in [0.5, 0.6) is 0 Å². The minimum Gasteiger partial charge on any atom is -0.392 e. The fourth-order valence-electron chi connectivity index (χ4n) is 2.97. The Hall–Kier alpha value is -0.120. The lowest BCUT2D eigenvalue weighted by molar-refractivity contribution is 0.0131. The third-order valence-electron chi connectivity index (χ3n) is 4.17. The molecule has 0 saturated carbocycles. The molecule has 3 unspecified atom stereocenters. The summed E-state index contributed by atoms with van der Waals surface area (Å²) in [5.41, 5.74) is 0. The number of hydrogen-bond donors (Lipinski definition) is 1. The molecule has 0 aromatic carbocycles. The van der Waals surface area contributed by atoms with Gasteiger partial charge in [-0.2, -0.15) is 0 Å². The maximum absolute atomic E-state index is 9.86. The summed E-state index contributed by atoms with van der Waals surface area (Å²) in [6.07, 6.45) is 3.43. The summed E-state index contributed by atoms with van der Waals surface area (Å²) in [7, 11) is 0. The molecule has 3 heteroatoms. The molecule has 15 heavy (non-hydrogen) atoms. The van der Waals surface area contributed by atoms with Gasteiger partial charge in [-0.15, -0.1) is 0 Å². The van der Waals surface area contributed by atoms with E-state index in [-0.39, 0.29) is 6.10 Å². The van der Waals surface area contributed by atoms with Crippen molar-refractivity contribution in [3.8, 4) is 0 Å². The van der Waals surface area contributed by atoms with Crippen LogP contribution in [0, 0.1) is 0 Å². The number of fused-ring (bicyclic) bond motifs is 1. The van der Waals surface area contributed by atoms with Crippen molar-refractivity contribution in [1.29, 1.82) is 0 Å². The number of aliphatic hydroxyl groups is 1. The molecule has 2 aliphatic rings. The zero-order chi connectivity index (χ0) is 10.8. The zero-order valence-corrected chi connectivity index (χ0v) is 10.0. The van der Waals surface area contributed by atoms with E-state index in [2.05, 4.69) is 23.6 Å². The second-order valence-corrected chi connectivity index (χ2v) is 5.04. The Morgan fingerprint density at radius 1 is 1.33 bits per heavy atom. The molecule has 2 fully saturated rings. The van der Waals surface area contributed by atoms with E-state index in [0.29, 0.717) is 6.04 Å². The number of hydrogen-bond acceptors (Lipinski definition) is 3. The van der Waals surface area contributed by atoms with Crippen LogP contribution < -0.4 is 0 Å². The van der Waals surface area contributed by atoms with Gasteiger partial charge in [-0.3, -0.25) is 9.80 Å². The second-order valence-electron chi connectivity index (χ2n) is 5.04. The molecule has 2 rings (SSSR count). The van der Waals surface area contributed by atoms with E-state index in [1.165, 1.54) is 25.9 Å². The van der Waals surface area contributed by atoms with Gasteiger partial charge in [-0.25, -0.2) is 0 Å². The number of rotatable bonds is 3. The van der Waals surface area contributed by atoms with Crippen LogP contribution in [0.25, 0.3) is 0 Å². The van der Waals surface area contributed by atoms with E-state index < -0.39 is 0 Å². The van der Waals surface area contributed by atoms with E-state index in [1.54, 1.807) is 0 Å². The first-order valence-corrected chi connectivity index (χ1v) is 6.38. The summed E-state index contributed by atoms with van der Waals surface area (Å²) < 4.78 is 0. The van der Waals surface area contributed by atoms with Crippen molar-refractivity contribution in [3.05, 3.63) is 0 Å². The van der Waals surface area contributed by atoms with Crippen molar-refractivity contribution in [2.24, 2.45) is 0 Å². The predicted molar refractivity (Wildman–Crippen MR) is 61.9 cm³/mol. The van der Waals surface area contributed by atoms with Crippen LogP contribution in [0.15, 0.2) is 0 Å². The smallest absolute Gasteiger partial charge is 0.0690 e. The minimum atomic E-state index is -0.155. The molecule has 88 valence electrons. The maximum Gasteiger partial charge on any atom is 0.0690 e. The molecule has 3 atom stereocenters. The van der Waals surface area contributed by atoms with E-state index >= 15 is 0 Å². The molecule has 0 radical (unpaired) electrons. The van der Waals surface area contributed by atoms with Gasteiger partial charge in [-0.1, -0.05) is 6.92 Å². The fourth-order valence-corrected chi connectivity index (χ4v) is 2.97. The number of piperazine rings is 1. The van der Waals surface area contributed by atoms with Gasteiger partial charge >= 0.3 is 0 Å². The van der Waals surface area contributed by atoms with Crippen LogP contribution in [0.1, 0.15) is 33.1 Å². The Morgan fingerprint density at radius 2 is 2.13 bits per heavy atom. The molecule has 2 saturated heterocycles. The second kappa shape index (κ2) is 4.81. The summed E-state index contributed by atoms with van der Waals surface area (Å²) in [6, 6.07) is 1.10. The third-order valence-corrected chi connectivity index (χ3v) is 4.17. The van der Waals surface area contributed by atoms with Crippen LogP contribution in [-0.2, 0) is 0 Å². The first-order valence-electron chi connectivity index (χ1n) is 6.38. The van der Waals surface area contributed by atoms with Crippen LogP contribution in [0.2, 0.25) is 0 Å². The Bertz CT molecular complexity index is 210. The van der Waals surface area contributed by atoms with E-state index in [4.69, 9.17) is 0 Å². The molecular weight excluding hydrogens is 188 g/mol. The van der Waals surface area contributed by atoms with Crippen LogP contribution in [-0.4, -0.2) is 59.3 Å².